The highest BCUT2D eigenvalue weighted by atomic mass is 16.5. The Balaban J connectivity index is 1.41. The average Bonchev–Trinajstić information content (AvgIpc) is 3.33. The van der Waals surface area contributed by atoms with E-state index < -0.39 is 11.6 Å². The van der Waals surface area contributed by atoms with Crippen molar-refractivity contribution in [3.63, 3.8) is 0 Å². The van der Waals surface area contributed by atoms with E-state index >= 15 is 0 Å². The fourth-order valence-corrected chi connectivity index (χ4v) is 5.14. The molecule has 0 unspecified atom stereocenters. The number of aliphatic hydroxyl groups is 1. The molecule has 3 heterocycles. The van der Waals surface area contributed by atoms with Gasteiger partial charge in [-0.25, -0.2) is 4.79 Å². The predicted molar refractivity (Wildman–Crippen MR) is 134 cm³/mol. The Labute approximate surface area is 204 Å². The van der Waals surface area contributed by atoms with Crippen LogP contribution in [0.2, 0.25) is 0 Å². The molecular weight excluding hydrogens is 444 g/mol. The van der Waals surface area contributed by atoms with E-state index in [0.717, 1.165) is 43.6 Å². The van der Waals surface area contributed by atoms with E-state index in [1.165, 1.54) is 17.7 Å². The molecule has 3 aliphatic rings. The van der Waals surface area contributed by atoms with E-state index in [0.29, 0.717) is 28.5 Å². The van der Waals surface area contributed by atoms with Gasteiger partial charge in [-0.2, -0.15) is 0 Å². The number of aliphatic hydroxyl groups excluding tert-OH is 1. The summed E-state index contributed by atoms with van der Waals surface area (Å²) in [6.07, 6.45) is 3.97. The average molecular weight is 475 g/mol. The summed E-state index contributed by atoms with van der Waals surface area (Å²) in [5.41, 5.74) is 4.17. The number of ether oxygens (including phenoxy) is 1. The molecule has 0 bridgehead atoms. The van der Waals surface area contributed by atoms with E-state index in [9.17, 15) is 19.8 Å². The molecule has 1 amide bonds. The van der Waals surface area contributed by atoms with Crippen LogP contribution in [0, 0.1) is 5.92 Å². The van der Waals surface area contributed by atoms with E-state index in [1.807, 2.05) is 19.9 Å². The van der Waals surface area contributed by atoms with Crippen molar-refractivity contribution in [2.45, 2.75) is 38.8 Å². The van der Waals surface area contributed by atoms with E-state index in [-0.39, 0.29) is 18.1 Å². The van der Waals surface area contributed by atoms with Crippen LogP contribution in [0.25, 0.3) is 11.1 Å². The Morgan fingerprint density at radius 3 is 2.51 bits per heavy atom. The zero-order valence-electron chi connectivity index (χ0n) is 20.0. The fourth-order valence-electron chi connectivity index (χ4n) is 5.14. The first kappa shape index (κ1) is 23.3. The van der Waals surface area contributed by atoms with Gasteiger partial charge in [0, 0.05) is 30.0 Å². The zero-order chi connectivity index (χ0) is 24.7. The van der Waals surface area contributed by atoms with Crippen LogP contribution < -0.4 is 5.32 Å². The fraction of sp³-hybridized carbons (Fsp3) is 0.357. The molecule has 0 aromatic heterocycles. The summed E-state index contributed by atoms with van der Waals surface area (Å²) in [5.74, 6) is -0.470. The SMILES string of the molecule is CC1(C)OC(=C2C(=O)Nc3ccc(C(=O)O)cc32)C=C1c1ccc(CN2CCC(CO)CC2)cc1. The third kappa shape index (κ3) is 4.49. The molecule has 7 nitrogen and oxygen atoms in total. The normalized spacial score (nSPS) is 21.9. The molecule has 182 valence electrons. The second kappa shape index (κ2) is 8.98. The Kier molecular flexibility index (Phi) is 5.99. The zero-order valence-corrected chi connectivity index (χ0v) is 20.0. The molecule has 3 aliphatic heterocycles. The lowest BCUT2D eigenvalue weighted by molar-refractivity contribution is -0.111. The minimum absolute atomic E-state index is 0.121. The monoisotopic (exact) mass is 474 g/mol. The first-order valence-corrected chi connectivity index (χ1v) is 12.0. The summed E-state index contributed by atoms with van der Waals surface area (Å²) in [5, 5.41) is 21.5. The number of likely N-dealkylation sites (tertiary alicyclic amines) is 1. The highest BCUT2D eigenvalue weighted by Gasteiger charge is 2.38. The van der Waals surface area contributed by atoms with Crippen LogP contribution in [-0.2, 0) is 16.1 Å². The predicted octanol–water partition coefficient (Wildman–Crippen LogP) is 4.14. The standard InChI is InChI=1S/C28H30N2O5/c1-28(2)22(19-5-3-17(4-6-19)15-30-11-9-18(16-31)10-12-30)14-24(35-28)25-21-13-20(27(33)34)7-8-23(21)29-26(25)32/h3-8,13-14,18,31H,9-12,15-16H2,1-2H3,(H,29,32)(H,33,34). The quantitative estimate of drug-likeness (QED) is 0.564. The molecule has 0 radical (unpaired) electrons. The molecule has 5 rings (SSSR count). The van der Waals surface area contributed by atoms with Gasteiger partial charge in [0.1, 0.15) is 11.4 Å². The number of carboxylic acid groups (broad SMARTS) is 1. The van der Waals surface area contributed by atoms with Crippen LogP contribution in [0.5, 0.6) is 0 Å². The van der Waals surface area contributed by atoms with Crippen molar-refractivity contribution in [2.24, 2.45) is 5.92 Å². The number of fused-ring (bicyclic) bond motifs is 1. The minimum Gasteiger partial charge on any atom is -0.482 e. The van der Waals surface area contributed by atoms with Gasteiger partial charge in [-0.15, -0.1) is 0 Å². The lowest BCUT2D eigenvalue weighted by Gasteiger charge is -2.31. The number of carbonyl (C=O) groups is 2. The highest BCUT2D eigenvalue weighted by Crippen LogP contribution is 2.44. The van der Waals surface area contributed by atoms with E-state index in [2.05, 4.69) is 34.5 Å². The van der Waals surface area contributed by atoms with Crippen LogP contribution in [0.15, 0.2) is 54.3 Å². The number of anilines is 1. The third-order valence-corrected chi connectivity index (χ3v) is 7.18. The molecule has 35 heavy (non-hydrogen) atoms. The lowest BCUT2D eigenvalue weighted by Crippen LogP contribution is -2.34. The molecule has 3 N–H and O–H groups in total. The van der Waals surface area contributed by atoms with Crippen molar-refractivity contribution in [2.75, 3.05) is 25.0 Å². The van der Waals surface area contributed by atoms with Gasteiger partial charge in [0.2, 0.25) is 0 Å². The molecule has 2 aromatic rings. The molecule has 7 heteroatoms. The van der Waals surface area contributed by atoms with Gasteiger partial charge in [0.15, 0.2) is 0 Å². The maximum atomic E-state index is 12.8. The number of carbonyl (C=O) groups excluding carboxylic acids is 1. The van der Waals surface area contributed by atoms with E-state index in [4.69, 9.17) is 4.74 Å². The highest BCUT2D eigenvalue weighted by molar-refractivity contribution is 6.32. The summed E-state index contributed by atoms with van der Waals surface area (Å²) in [6.45, 7) is 7.10. The van der Waals surface area contributed by atoms with Crippen molar-refractivity contribution in [3.8, 4) is 0 Å². The second-order valence-corrected chi connectivity index (χ2v) is 10.0. The number of allylic oxidation sites excluding steroid dienone is 1. The first-order chi connectivity index (χ1) is 16.7. The molecule has 0 aliphatic carbocycles. The topological polar surface area (TPSA) is 99.1 Å². The molecule has 1 fully saturated rings. The smallest absolute Gasteiger partial charge is 0.335 e. The summed E-state index contributed by atoms with van der Waals surface area (Å²) in [4.78, 5) is 26.7. The third-order valence-electron chi connectivity index (χ3n) is 7.18. The van der Waals surface area contributed by atoms with Gasteiger partial charge >= 0.3 is 5.97 Å². The van der Waals surface area contributed by atoms with Crippen molar-refractivity contribution in [3.05, 3.63) is 76.6 Å². The van der Waals surface area contributed by atoms with Gasteiger partial charge in [-0.05, 0) is 81.1 Å². The summed E-state index contributed by atoms with van der Waals surface area (Å²) < 4.78 is 6.25. The summed E-state index contributed by atoms with van der Waals surface area (Å²) in [7, 11) is 0. The number of piperidine rings is 1. The van der Waals surface area contributed by atoms with Crippen molar-refractivity contribution in [1.82, 2.24) is 4.90 Å². The molecule has 0 saturated carbocycles. The molecule has 2 aromatic carbocycles. The number of nitrogens with zero attached hydrogens (tertiary/aromatic N) is 1. The molecule has 0 spiro atoms. The van der Waals surface area contributed by atoms with E-state index in [1.54, 1.807) is 6.07 Å². The Morgan fingerprint density at radius 2 is 1.86 bits per heavy atom. The van der Waals surface area contributed by atoms with Gasteiger partial charge in [0.05, 0.1) is 11.1 Å². The molecule has 1 saturated heterocycles. The largest absolute Gasteiger partial charge is 0.482 e. The number of aromatic carboxylic acids is 1. The number of rotatable bonds is 5. The Morgan fingerprint density at radius 1 is 1.14 bits per heavy atom. The maximum absolute atomic E-state index is 12.8. The van der Waals surface area contributed by atoms with Crippen molar-refractivity contribution in [1.29, 1.82) is 0 Å². The number of nitrogens with one attached hydrogen (secondary N) is 1. The van der Waals surface area contributed by atoms with Crippen LogP contribution in [-0.4, -0.2) is 52.3 Å². The Bertz CT molecular complexity index is 1230. The van der Waals surface area contributed by atoms with Crippen molar-refractivity contribution < 1.29 is 24.5 Å². The van der Waals surface area contributed by atoms with Crippen LogP contribution >= 0.6 is 0 Å². The number of hydrogen-bond acceptors (Lipinski definition) is 5. The first-order valence-electron chi connectivity index (χ1n) is 12.0. The number of benzene rings is 2. The molecular formula is C28H30N2O5. The van der Waals surface area contributed by atoms with Crippen LogP contribution in [0.4, 0.5) is 5.69 Å². The number of hydrogen-bond donors (Lipinski definition) is 3. The second-order valence-electron chi connectivity index (χ2n) is 10.0. The van der Waals surface area contributed by atoms with Gasteiger partial charge in [-0.3, -0.25) is 9.69 Å². The van der Waals surface area contributed by atoms with Gasteiger partial charge in [0.25, 0.3) is 5.91 Å². The maximum Gasteiger partial charge on any atom is 0.335 e. The summed E-state index contributed by atoms with van der Waals surface area (Å²) >= 11 is 0. The molecule has 0 atom stereocenters. The number of amides is 1. The number of carboxylic acids is 1. The van der Waals surface area contributed by atoms with Crippen LogP contribution in [0.1, 0.15) is 53.7 Å². The van der Waals surface area contributed by atoms with Crippen molar-refractivity contribution >= 4 is 28.7 Å². The van der Waals surface area contributed by atoms with Gasteiger partial charge in [-0.1, -0.05) is 24.3 Å². The lowest BCUT2D eigenvalue weighted by atomic mass is 9.91. The Hall–Kier alpha value is -3.42. The minimum atomic E-state index is -1.04. The summed E-state index contributed by atoms with van der Waals surface area (Å²) in [6, 6.07) is 13.0. The van der Waals surface area contributed by atoms with Crippen LogP contribution in [0.3, 0.4) is 0 Å². The van der Waals surface area contributed by atoms with Gasteiger partial charge < -0.3 is 20.3 Å².